The lowest BCUT2D eigenvalue weighted by atomic mass is 10.1. The molecule has 36 heavy (non-hydrogen) atoms. The molecule has 1 aliphatic rings. The third kappa shape index (κ3) is 5.55. The predicted octanol–water partition coefficient (Wildman–Crippen LogP) is 1.19. The van der Waals surface area contributed by atoms with E-state index in [1.54, 1.807) is 21.7 Å². The lowest BCUT2D eigenvalue weighted by Gasteiger charge is -2.27. The topological polar surface area (TPSA) is 149 Å². The number of ether oxygens (including phenoxy) is 1. The number of aliphatic hydroxyl groups is 2. The van der Waals surface area contributed by atoms with Crippen molar-refractivity contribution >= 4 is 17.2 Å². The molecule has 0 spiro atoms. The van der Waals surface area contributed by atoms with Crippen LogP contribution in [0.15, 0.2) is 18.2 Å². The molecule has 1 aliphatic heterocycles. The summed E-state index contributed by atoms with van der Waals surface area (Å²) in [6.07, 6.45) is -0.296. The number of nitriles is 1. The number of aromatic nitrogens is 4. The Bertz CT molecular complexity index is 1280. The normalized spacial score (nSPS) is 14.0. The molecule has 1 aromatic carbocycles. The number of aliphatic hydroxyl groups excluding tert-OH is 2. The lowest BCUT2D eigenvalue weighted by Crippen LogP contribution is -2.43. The van der Waals surface area contributed by atoms with E-state index in [1.807, 2.05) is 26.8 Å². The van der Waals surface area contributed by atoms with Crippen molar-refractivity contribution in [1.29, 1.82) is 5.26 Å². The third-order valence-electron chi connectivity index (χ3n) is 5.82. The molecule has 3 heterocycles. The summed E-state index contributed by atoms with van der Waals surface area (Å²) < 4.78 is 7.47. The van der Waals surface area contributed by atoms with Crippen LogP contribution in [0.25, 0.3) is 15.7 Å². The van der Waals surface area contributed by atoms with Crippen LogP contribution in [0.4, 0.5) is 0 Å². The number of hydrogen-bond acceptors (Lipinski definition) is 10. The number of amides is 1. The standard InChI is InChI=1S/C24H29N7O4S/c1-14(2)35-21-5-4-16(8-17(21)9-25)23-27-28-24(36-23)31-15(3)19-12-30(7-6-20(19)29-31)22(34)11-26-10-18(33)13-32/h4-5,8,14,18,26,32-33H,6-7,10-13H2,1-3H3/t18-/m1/s1. The molecule has 0 saturated heterocycles. The van der Waals surface area contributed by atoms with Gasteiger partial charge in [-0.3, -0.25) is 4.79 Å². The first kappa shape index (κ1) is 25.7. The van der Waals surface area contributed by atoms with Crippen molar-refractivity contribution in [2.24, 2.45) is 0 Å². The summed E-state index contributed by atoms with van der Waals surface area (Å²) in [5.41, 5.74) is 4.03. The van der Waals surface area contributed by atoms with E-state index in [1.165, 1.54) is 11.3 Å². The number of carbonyl (C=O) groups is 1. The van der Waals surface area contributed by atoms with Gasteiger partial charge >= 0.3 is 0 Å². The number of nitrogens with one attached hydrogen (secondary N) is 1. The second kappa shape index (κ2) is 11.1. The molecule has 3 aromatic rings. The molecule has 0 fully saturated rings. The van der Waals surface area contributed by atoms with Crippen LogP contribution in [-0.4, -0.2) is 79.4 Å². The van der Waals surface area contributed by atoms with Crippen molar-refractivity contribution in [1.82, 2.24) is 30.2 Å². The van der Waals surface area contributed by atoms with E-state index < -0.39 is 6.10 Å². The summed E-state index contributed by atoms with van der Waals surface area (Å²) in [6.45, 7) is 6.66. The summed E-state index contributed by atoms with van der Waals surface area (Å²) in [5, 5.41) is 45.4. The van der Waals surface area contributed by atoms with E-state index in [4.69, 9.17) is 14.9 Å². The highest BCUT2D eigenvalue weighted by atomic mass is 32.1. The monoisotopic (exact) mass is 511 g/mol. The molecule has 0 unspecified atom stereocenters. The van der Waals surface area contributed by atoms with E-state index in [9.17, 15) is 15.2 Å². The zero-order valence-corrected chi connectivity index (χ0v) is 21.2. The number of carbonyl (C=O) groups excluding carboxylic acids is 1. The average Bonchev–Trinajstić information content (AvgIpc) is 3.48. The van der Waals surface area contributed by atoms with Crippen LogP contribution in [0.2, 0.25) is 0 Å². The van der Waals surface area contributed by atoms with Crippen molar-refractivity contribution in [2.45, 2.75) is 45.9 Å². The minimum atomic E-state index is -0.888. The van der Waals surface area contributed by atoms with Crippen molar-refractivity contribution in [3.8, 4) is 27.5 Å². The van der Waals surface area contributed by atoms with Gasteiger partial charge in [0.25, 0.3) is 0 Å². The van der Waals surface area contributed by atoms with E-state index in [-0.39, 0.29) is 31.7 Å². The van der Waals surface area contributed by atoms with Crippen molar-refractivity contribution in [2.75, 3.05) is 26.2 Å². The van der Waals surface area contributed by atoms with Gasteiger partial charge in [-0.05, 0) is 39.0 Å². The maximum atomic E-state index is 12.6. The molecule has 1 atom stereocenters. The number of benzene rings is 1. The molecule has 190 valence electrons. The van der Waals surface area contributed by atoms with Crippen LogP contribution >= 0.6 is 11.3 Å². The molecule has 0 saturated carbocycles. The Morgan fingerprint density at radius 3 is 2.89 bits per heavy atom. The minimum Gasteiger partial charge on any atom is -0.490 e. The van der Waals surface area contributed by atoms with E-state index in [0.29, 0.717) is 41.0 Å². The zero-order valence-electron chi connectivity index (χ0n) is 20.4. The third-order valence-corrected chi connectivity index (χ3v) is 6.76. The quantitative estimate of drug-likeness (QED) is 0.385. The molecule has 0 bridgehead atoms. The SMILES string of the molecule is Cc1c2c(nn1-c1nnc(-c3ccc(OC(C)C)c(C#N)c3)s1)CCN(C(=O)CNC[C@@H](O)CO)C2. The molecule has 1 amide bonds. The molecule has 3 N–H and O–H groups in total. The fourth-order valence-corrected chi connectivity index (χ4v) is 4.80. The van der Waals surface area contributed by atoms with Gasteiger partial charge in [-0.1, -0.05) is 11.3 Å². The predicted molar refractivity (Wildman–Crippen MR) is 133 cm³/mol. The molecule has 12 heteroatoms. The summed E-state index contributed by atoms with van der Waals surface area (Å²) in [7, 11) is 0. The van der Waals surface area contributed by atoms with Crippen LogP contribution in [0.3, 0.4) is 0 Å². The zero-order chi connectivity index (χ0) is 25.8. The molecule has 11 nitrogen and oxygen atoms in total. The highest BCUT2D eigenvalue weighted by molar-refractivity contribution is 7.17. The summed E-state index contributed by atoms with van der Waals surface area (Å²) in [5.74, 6) is 0.463. The second-order valence-corrected chi connectivity index (χ2v) is 9.79. The van der Waals surface area contributed by atoms with Crippen molar-refractivity contribution in [3.63, 3.8) is 0 Å². The van der Waals surface area contributed by atoms with Crippen LogP contribution in [0.5, 0.6) is 5.75 Å². The van der Waals surface area contributed by atoms with Gasteiger partial charge in [0.05, 0.1) is 36.6 Å². The number of hydrogen-bond donors (Lipinski definition) is 3. The van der Waals surface area contributed by atoms with Crippen LogP contribution in [-0.2, 0) is 17.8 Å². The maximum Gasteiger partial charge on any atom is 0.236 e. The Labute approximate surface area is 213 Å². The Hall–Kier alpha value is -3.37. The van der Waals surface area contributed by atoms with E-state index in [0.717, 1.165) is 22.5 Å². The van der Waals surface area contributed by atoms with E-state index in [2.05, 4.69) is 21.6 Å². The van der Waals surface area contributed by atoms with Crippen molar-refractivity contribution in [3.05, 3.63) is 40.7 Å². The van der Waals surface area contributed by atoms with Gasteiger partial charge < -0.3 is 25.2 Å². The van der Waals surface area contributed by atoms with Crippen molar-refractivity contribution < 1.29 is 19.7 Å². The summed E-state index contributed by atoms with van der Waals surface area (Å²) >= 11 is 1.37. The van der Waals surface area contributed by atoms with Gasteiger partial charge in [-0.2, -0.15) is 10.4 Å². The van der Waals surface area contributed by atoms with Gasteiger partial charge in [-0.25, -0.2) is 4.68 Å². The second-order valence-electron chi connectivity index (χ2n) is 8.83. The van der Waals surface area contributed by atoms with Gasteiger partial charge in [0.2, 0.25) is 11.0 Å². The number of fused-ring (bicyclic) bond motifs is 1. The summed E-state index contributed by atoms with van der Waals surface area (Å²) in [6, 6.07) is 7.57. The fraction of sp³-hybridized carbons (Fsp3) is 0.458. The van der Waals surface area contributed by atoms with Crippen LogP contribution < -0.4 is 10.1 Å². The Morgan fingerprint density at radius 2 is 2.17 bits per heavy atom. The van der Waals surface area contributed by atoms with E-state index >= 15 is 0 Å². The maximum absolute atomic E-state index is 12.6. The first-order valence-electron chi connectivity index (χ1n) is 11.7. The smallest absolute Gasteiger partial charge is 0.236 e. The van der Waals surface area contributed by atoms with Crippen LogP contribution in [0, 0.1) is 18.3 Å². The molecule has 0 aliphatic carbocycles. The molecule has 2 aromatic heterocycles. The van der Waals surface area contributed by atoms with Gasteiger partial charge in [0.15, 0.2) is 0 Å². The largest absolute Gasteiger partial charge is 0.490 e. The summed E-state index contributed by atoms with van der Waals surface area (Å²) in [4.78, 5) is 14.4. The minimum absolute atomic E-state index is 0.0356. The average molecular weight is 512 g/mol. The van der Waals surface area contributed by atoms with Gasteiger partial charge in [0, 0.05) is 42.9 Å². The Balaban J connectivity index is 1.49. The first-order chi connectivity index (χ1) is 17.3. The fourth-order valence-electron chi connectivity index (χ4n) is 3.96. The highest BCUT2D eigenvalue weighted by Crippen LogP contribution is 2.31. The molecule has 0 radical (unpaired) electrons. The highest BCUT2D eigenvalue weighted by Gasteiger charge is 2.27. The molecular formula is C24H29N7O4S. The molecule has 4 rings (SSSR count). The number of nitrogens with zero attached hydrogens (tertiary/aromatic N) is 6. The van der Waals surface area contributed by atoms with Gasteiger partial charge in [0.1, 0.15) is 16.8 Å². The lowest BCUT2D eigenvalue weighted by molar-refractivity contribution is -0.131. The Morgan fingerprint density at radius 1 is 1.36 bits per heavy atom. The first-order valence-corrected chi connectivity index (χ1v) is 12.5. The molecular weight excluding hydrogens is 482 g/mol. The van der Waals surface area contributed by atoms with Gasteiger partial charge in [-0.15, -0.1) is 10.2 Å². The number of rotatable bonds is 9. The Kier molecular flexibility index (Phi) is 7.95. The van der Waals surface area contributed by atoms with Crippen LogP contribution in [0.1, 0.15) is 36.4 Å².